The van der Waals surface area contributed by atoms with Crippen molar-refractivity contribution in [3.05, 3.63) is 94.4 Å². The molecule has 6 rings (SSSR count). The largest absolute Gasteiger partial charge is 0.313 e. The number of anilines is 2. The minimum Gasteiger partial charge on any atom is -0.313 e. The molecule has 0 unspecified atom stereocenters. The lowest BCUT2D eigenvalue weighted by Gasteiger charge is -2.12. The van der Waals surface area contributed by atoms with Gasteiger partial charge in [-0.2, -0.15) is 0 Å². The van der Waals surface area contributed by atoms with Crippen LogP contribution in [0.3, 0.4) is 0 Å². The van der Waals surface area contributed by atoms with Crippen LogP contribution in [0.4, 0.5) is 10.7 Å². The van der Waals surface area contributed by atoms with E-state index in [1.807, 2.05) is 25.1 Å². The molecule has 2 aromatic heterocycles. The van der Waals surface area contributed by atoms with Crippen molar-refractivity contribution < 1.29 is 13.2 Å². The number of nitrogens with zero attached hydrogens (tertiary/aromatic N) is 1. The van der Waals surface area contributed by atoms with Gasteiger partial charge in [-0.25, -0.2) is 13.4 Å². The summed E-state index contributed by atoms with van der Waals surface area (Å²) in [6.07, 6.45) is 4.24. The van der Waals surface area contributed by atoms with Gasteiger partial charge in [0.2, 0.25) is 0 Å². The second-order valence-electron chi connectivity index (χ2n) is 9.36. The molecule has 2 heterocycles. The number of hydrogen-bond acceptors (Lipinski definition) is 6. The Morgan fingerprint density at radius 2 is 1.71 bits per heavy atom. The fourth-order valence-electron chi connectivity index (χ4n) is 4.69. The maximum atomic E-state index is 13.4. The second kappa shape index (κ2) is 9.98. The molecule has 0 spiro atoms. The number of amides is 1. The van der Waals surface area contributed by atoms with Gasteiger partial charge in [0, 0.05) is 21.7 Å². The third-order valence-corrected chi connectivity index (χ3v) is 10.3. The topological polar surface area (TPSA) is 88.2 Å². The van der Waals surface area contributed by atoms with Crippen molar-refractivity contribution in [3.8, 4) is 10.6 Å². The second-order valence-corrected chi connectivity index (χ2v) is 13.2. The van der Waals surface area contributed by atoms with Crippen LogP contribution in [-0.2, 0) is 22.9 Å². The van der Waals surface area contributed by atoms with Gasteiger partial charge in [0.1, 0.15) is 10.0 Å². The fourth-order valence-corrected chi connectivity index (χ4v) is 8.13. The Balaban J connectivity index is 1.30. The lowest BCUT2D eigenvalue weighted by Crippen LogP contribution is -2.15. The maximum absolute atomic E-state index is 13.4. The van der Waals surface area contributed by atoms with E-state index < -0.39 is 10.0 Å². The lowest BCUT2D eigenvalue weighted by molar-refractivity contribution is 0.102. The molecule has 192 valence electrons. The monoisotopic (exact) mass is 559 g/mol. The zero-order valence-electron chi connectivity index (χ0n) is 20.7. The van der Waals surface area contributed by atoms with Gasteiger partial charge in [-0.3, -0.25) is 9.52 Å². The molecule has 0 fully saturated rings. The highest BCUT2D eigenvalue weighted by Gasteiger charge is 2.25. The Morgan fingerprint density at radius 3 is 2.53 bits per heavy atom. The number of sulfonamides is 1. The fraction of sp³-hybridized carbons (Fsp3) is 0.172. The average Bonchev–Trinajstić information content (AvgIpc) is 3.49. The standard InChI is InChI=1S/C29H25N3O3S3/c1-18-13-15-21(16-14-18)38(34,35)32-20-8-6-7-19(17-20)27(33)31-29-26(22-9-2-4-11-24(22)36-29)28-30-23-10-3-5-12-25(23)37-28/h3,5-8,10,12-17,32H,2,4,9,11H2,1H3,(H,31,33). The molecule has 2 N–H and O–H groups in total. The number of rotatable bonds is 6. The molecular weight excluding hydrogens is 535 g/mol. The summed E-state index contributed by atoms with van der Waals surface area (Å²) in [5, 5.41) is 4.84. The molecule has 3 aromatic carbocycles. The van der Waals surface area contributed by atoms with Crippen molar-refractivity contribution in [1.82, 2.24) is 4.98 Å². The first-order valence-corrected chi connectivity index (χ1v) is 15.5. The van der Waals surface area contributed by atoms with Crippen LogP contribution < -0.4 is 10.0 Å². The van der Waals surface area contributed by atoms with Crippen molar-refractivity contribution >= 4 is 59.5 Å². The number of aromatic nitrogens is 1. The van der Waals surface area contributed by atoms with Gasteiger partial charge in [0.15, 0.2) is 0 Å². The summed E-state index contributed by atoms with van der Waals surface area (Å²) in [7, 11) is -3.78. The van der Waals surface area contributed by atoms with Gasteiger partial charge in [0.05, 0.1) is 15.1 Å². The summed E-state index contributed by atoms with van der Waals surface area (Å²) in [5.74, 6) is -0.289. The normalized spacial score (nSPS) is 13.3. The van der Waals surface area contributed by atoms with Crippen molar-refractivity contribution in [3.63, 3.8) is 0 Å². The van der Waals surface area contributed by atoms with Gasteiger partial charge in [-0.05, 0) is 80.6 Å². The van der Waals surface area contributed by atoms with E-state index in [9.17, 15) is 13.2 Å². The van der Waals surface area contributed by atoms with Crippen LogP contribution >= 0.6 is 22.7 Å². The maximum Gasteiger partial charge on any atom is 0.261 e. The molecule has 0 saturated carbocycles. The summed E-state index contributed by atoms with van der Waals surface area (Å²) in [6.45, 7) is 1.90. The highest BCUT2D eigenvalue weighted by Crippen LogP contribution is 2.46. The van der Waals surface area contributed by atoms with E-state index in [0.717, 1.165) is 57.0 Å². The van der Waals surface area contributed by atoms with Crippen LogP contribution in [0.15, 0.2) is 77.7 Å². The number of nitrogens with one attached hydrogen (secondary N) is 2. The van der Waals surface area contributed by atoms with E-state index in [-0.39, 0.29) is 10.8 Å². The minimum atomic E-state index is -3.78. The Hall–Kier alpha value is -3.53. The predicted octanol–water partition coefficient (Wildman–Crippen LogP) is 7.27. The summed E-state index contributed by atoms with van der Waals surface area (Å²) in [4.78, 5) is 19.8. The Kier molecular flexibility index (Phi) is 6.51. The molecule has 6 nitrogen and oxygen atoms in total. The molecule has 1 aliphatic rings. The summed E-state index contributed by atoms with van der Waals surface area (Å²) < 4.78 is 29.4. The first kappa shape index (κ1) is 24.8. The number of benzene rings is 3. The summed E-state index contributed by atoms with van der Waals surface area (Å²) in [5.41, 5.74) is 4.94. The quantitative estimate of drug-likeness (QED) is 0.229. The van der Waals surface area contributed by atoms with Crippen LogP contribution in [-0.4, -0.2) is 19.3 Å². The van der Waals surface area contributed by atoms with Crippen LogP contribution in [0.1, 0.15) is 39.2 Å². The zero-order valence-corrected chi connectivity index (χ0v) is 23.1. The Morgan fingerprint density at radius 1 is 0.921 bits per heavy atom. The van der Waals surface area contributed by atoms with Crippen molar-refractivity contribution in [2.45, 2.75) is 37.5 Å². The van der Waals surface area contributed by atoms with E-state index in [1.54, 1.807) is 71.2 Å². The van der Waals surface area contributed by atoms with E-state index in [0.29, 0.717) is 11.3 Å². The van der Waals surface area contributed by atoms with E-state index in [2.05, 4.69) is 16.1 Å². The Bertz CT molecular complexity index is 1740. The summed E-state index contributed by atoms with van der Waals surface area (Å²) in [6, 6.07) is 21.3. The molecule has 0 radical (unpaired) electrons. The van der Waals surface area contributed by atoms with Crippen LogP contribution in [0.5, 0.6) is 0 Å². The van der Waals surface area contributed by atoms with E-state index in [1.165, 1.54) is 10.4 Å². The van der Waals surface area contributed by atoms with E-state index >= 15 is 0 Å². The lowest BCUT2D eigenvalue weighted by atomic mass is 9.95. The number of carbonyl (C=O) groups excluding carboxylic acids is 1. The molecule has 38 heavy (non-hydrogen) atoms. The summed E-state index contributed by atoms with van der Waals surface area (Å²) >= 11 is 3.27. The zero-order chi connectivity index (χ0) is 26.3. The number of hydrogen-bond donors (Lipinski definition) is 2. The first-order chi connectivity index (χ1) is 18.4. The third kappa shape index (κ3) is 4.84. The van der Waals surface area contributed by atoms with Crippen molar-refractivity contribution in [1.29, 1.82) is 0 Å². The number of thiophene rings is 1. The number of fused-ring (bicyclic) bond motifs is 2. The number of para-hydroxylation sites is 1. The first-order valence-electron chi connectivity index (χ1n) is 12.4. The predicted molar refractivity (Wildman–Crippen MR) is 156 cm³/mol. The minimum absolute atomic E-state index is 0.169. The van der Waals surface area contributed by atoms with Gasteiger partial charge < -0.3 is 5.32 Å². The Labute approximate surface area is 229 Å². The SMILES string of the molecule is Cc1ccc(S(=O)(=O)Nc2cccc(C(=O)Nc3sc4c(c3-c3nc5ccccc5s3)CCCC4)c2)cc1. The van der Waals surface area contributed by atoms with Crippen LogP contribution in [0.2, 0.25) is 0 Å². The molecule has 0 atom stereocenters. The third-order valence-electron chi connectivity index (χ3n) is 6.61. The van der Waals surface area contributed by atoms with Crippen molar-refractivity contribution in [2.75, 3.05) is 10.0 Å². The molecule has 9 heteroatoms. The molecule has 0 aliphatic heterocycles. The van der Waals surface area contributed by atoms with Crippen LogP contribution in [0, 0.1) is 6.92 Å². The molecule has 0 saturated heterocycles. The molecule has 0 bridgehead atoms. The van der Waals surface area contributed by atoms with Gasteiger partial charge in [-0.15, -0.1) is 22.7 Å². The number of carbonyl (C=O) groups is 1. The van der Waals surface area contributed by atoms with E-state index in [4.69, 9.17) is 4.98 Å². The van der Waals surface area contributed by atoms with Gasteiger partial charge >= 0.3 is 0 Å². The number of thiazole rings is 1. The number of aryl methyl sites for hydroxylation is 2. The van der Waals surface area contributed by atoms with Gasteiger partial charge in [0.25, 0.3) is 15.9 Å². The average molecular weight is 560 g/mol. The smallest absolute Gasteiger partial charge is 0.261 e. The molecule has 1 amide bonds. The van der Waals surface area contributed by atoms with Crippen LogP contribution in [0.25, 0.3) is 20.8 Å². The molecule has 5 aromatic rings. The highest BCUT2D eigenvalue weighted by atomic mass is 32.2. The molecule has 1 aliphatic carbocycles. The highest BCUT2D eigenvalue weighted by molar-refractivity contribution is 7.92. The molecular formula is C29H25N3O3S3. The van der Waals surface area contributed by atoms with Crippen molar-refractivity contribution in [2.24, 2.45) is 0 Å². The van der Waals surface area contributed by atoms with Gasteiger partial charge in [-0.1, -0.05) is 35.9 Å².